The summed E-state index contributed by atoms with van der Waals surface area (Å²) in [5.41, 5.74) is 0.568. The van der Waals surface area contributed by atoms with Gasteiger partial charge in [0.25, 0.3) is 0 Å². The van der Waals surface area contributed by atoms with E-state index in [2.05, 4.69) is 0 Å². The molecular formula is C14H15NO3. The second-order valence-electron chi connectivity index (χ2n) is 4.97. The molecule has 4 rings (SSSR count). The fraction of sp³-hybridized carbons (Fsp3) is 0.429. The van der Waals surface area contributed by atoms with Gasteiger partial charge in [0.05, 0.1) is 11.6 Å². The van der Waals surface area contributed by atoms with Crippen molar-refractivity contribution in [3.05, 3.63) is 35.9 Å². The van der Waals surface area contributed by atoms with Crippen LogP contribution in [0.5, 0.6) is 0 Å². The topological polar surface area (TPSA) is 46.6 Å². The molecular weight excluding hydrogens is 230 g/mol. The Kier molecular flexibility index (Phi) is 2.58. The van der Waals surface area contributed by atoms with Crippen LogP contribution in [-0.4, -0.2) is 35.5 Å². The third kappa shape index (κ3) is 1.68. The summed E-state index contributed by atoms with van der Waals surface area (Å²) >= 11 is 0. The lowest BCUT2D eigenvalue weighted by molar-refractivity contribution is -0.130. The molecule has 0 spiro atoms. The molecule has 3 fully saturated rings. The number of nitrogens with zero attached hydrogens (tertiary/aromatic N) is 1. The van der Waals surface area contributed by atoms with Gasteiger partial charge in [-0.2, -0.15) is 0 Å². The first-order valence-corrected chi connectivity index (χ1v) is 6.20. The Bertz CT molecular complexity index is 485. The van der Waals surface area contributed by atoms with Gasteiger partial charge in [0.15, 0.2) is 0 Å². The van der Waals surface area contributed by atoms with Crippen LogP contribution in [0.3, 0.4) is 0 Å². The predicted octanol–water partition coefficient (Wildman–Crippen LogP) is 1.46. The highest BCUT2D eigenvalue weighted by molar-refractivity contribution is 5.89. The SMILES string of the molecule is CC(=O)N1C[C@@H]2C[C@H]1[C@@H]2OC(=O)c1ccccc1. The third-order valence-corrected chi connectivity index (χ3v) is 3.88. The van der Waals surface area contributed by atoms with Crippen molar-refractivity contribution >= 4 is 11.9 Å². The summed E-state index contributed by atoms with van der Waals surface area (Å²) in [5, 5.41) is 0. The molecule has 1 saturated carbocycles. The fourth-order valence-electron chi connectivity index (χ4n) is 2.87. The summed E-state index contributed by atoms with van der Waals surface area (Å²) in [7, 11) is 0. The smallest absolute Gasteiger partial charge is 0.338 e. The minimum Gasteiger partial charge on any atom is -0.456 e. The molecule has 1 amide bonds. The number of hydrogen-bond acceptors (Lipinski definition) is 3. The van der Waals surface area contributed by atoms with Crippen LogP contribution in [0.15, 0.2) is 30.3 Å². The zero-order valence-electron chi connectivity index (χ0n) is 10.2. The van der Waals surface area contributed by atoms with Crippen molar-refractivity contribution in [2.24, 2.45) is 5.92 Å². The quantitative estimate of drug-likeness (QED) is 0.741. The van der Waals surface area contributed by atoms with Crippen molar-refractivity contribution < 1.29 is 14.3 Å². The van der Waals surface area contributed by atoms with Crippen LogP contribution in [0.2, 0.25) is 0 Å². The van der Waals surface area contributed by atoms with Gasteiger partial charge in [0.2, 0.25) is 5.91 Å². The summed E-state index contributed by atoms with van der Waals surface area (Å²) in [6, 6.07) is 9.07. The normalized spacial score (nSPS) is 28.7. The Morgan fingerprint density at radius 3 is 2.61 bits per heavy atom. The number of ether oxygens (including phenoxy) is 1. The Labute approximate surface area is 106 Å². The number of rotatable bonds is 2. The maximum atomic E-state index is 11.9. The maximum Gasteiger partial charge on any atom is 0.338 e. The van der Waals surface area contributed by atoms with Gasteiger partial charge in [-0.25, -0.2) is 4.79 Å². The zero-order valence-corrected chi connectivity index (χ0v) is 10.2. The summed E-state index contributed by atoms with van der Waals surface area (Å²) in [5.74, 6) is 0.105. The highest BCUT2D eigenvalue weighted by Gasteiger charge is 2.55. The van der Waals surface area contributed by atoms with E-state index in [1.807, 2.05) is 23.1 Å². The van der Waals surface area contributed by atoms with E-state index in [1.54, 1.807) is 19.1 Å². The van der Waals surface area contributed by atoms with Crippen molar-refractivity contribution in [2.45, 2.75) is 25.5 Å². The number of fused-ring (bicyclic) bond motifs is 1. The first-order chi connectivity index (χ1) is 8.66. The molecule has 0 N–H and O–H groups in total. The first-order valence-electron chi connectivity index (χ1n) is 6.20. The van der Waals surface area contributed by atoms with Crippen LogP contribution in [0.25, 0.3) is 0 Å². The fourth-order valence-corrected chi connectivity index (χ4v) is 2.87. The summed E-state index contributed by atoms with van der Waals surface area (Å²) in [4.78, 5) is 25.1. The van der Waals surface area contributed by atoms with Crippen LogP contribution in [-0.2, 0) is 9.53 Å². The number of carbonyl (C=O) groups excluding carboxylic acids is 2. The van der Waals surface area contributed by atoms with E-state index >= 15 is 0 Å². The van der Waals surface area contributed by atoms with E-state index in [-0.39, 0.29) is 24.0 Å². The molecule has 1 aliphatic carbocycles. The predicted molar refractivity (Wildman–Crippen MR) is 64.9 cm³/mol. The molecule has 1 aromatic rings. The molecule has 0 radical (unpaired) electrons. The standard InChI is InChI=1S/C14H15NO3/c1-9(16)15-8-11-7-12(15)13(11)18-14(17)10-5-3-2-4-6-10/h2-6,11-13H,7-8H2,1H3/t11-,12-,13+/m0/s1. The molecule has 2 heterocycles. The lowest BCUT2D eigenvalue weighted by atomic mass is 9.82. The number of esters is 1. The second kappa shape index (κ2) is 4.12. The van der Waals surface area contributed by atoms with Crippen molar-refractivity contribution in [1.82, 2.24) is 4.90 Å². The van der Waals surface area contributed by atoms with E-state index in [4.69, 9.17) is 4.74 Å². The molecule has 4 heteroatoms. The molecule has 2 bridgehead atoms. The molecule has 4 nitrogen and oxygen atoms in total. The monoisotopic (exact) mass is 245 g/mol. The molecule has 0 unspecified atom stereocenters. The third-order valence-electron chi connectivity index (χ3n) is 3.88. The highest BCUT2D eigenvalue weighted by Crippen LogP contribution is 2.43. The molecule has 2 saturated heterocycles. The van der Waals surface area contributed by atoms with Crippen molar-refractivity contribution in [3.63, 3.8) is 0 Å². The Hall–Kier alpha value is -1.84. The average Bonchev–Trinajstić information content (AvgIpc) is 2.95. The number of carbonyl (C=O) groups is 2. The van der Waals surface area contributed by atoms with Gasteiger partial charge < -0.3 is 9.64 Å². The van der Waals surface area contributed by atoms with Crippen LogP contribution < -0.4 is 0 Å². The van der Waals surface area contributed by atoms with E-state index in [1.165, 1.54) is 0 Å². The van der Waals surface area contributed by atoms with Gasteiger partial charge in [-0.05, 0) is 18.6 Å². The molecule has 18 heavy (non-hydrogen) atoms. The summed E-state index contributed by atoms with van der Waals surface area (Å²) < 4.78 is 5.51. The molecule has 2 aliphatic heterocycles. The highest BCUT2D eigenvalue weighted by atomic mass is 16.5. The lowest BCUT2D eigenvalue weighted by Gasteiger charge is -2.35. The molecule has 1 aromatic carbocycles. The van der Waals surface area contributed by atoms with Crippen molar-refractivity contribution in [2.75, 3.05) is 6.54 Å². The van der Waals surface area contributed by atoms with Gasteiger partial charge in [-0.3, -0.25) is 4.79 Å². The van der Waals surface area contributed by atoms with Crippen LogP contribution in [0, 0.1) is 5.92 Å². The summed E-state index contributed by atoms with van der Waals surface area (Å²) in [6.07, 6.45) is 0.855. The summed E-state index contributed by atoms with van der Waals surface area (Å²) in [6.45, 7) is 2.30. The minimum atomic E-state index is -0.291. The Balaban J connectivity index is 1.66. The molecule has 94 valence electrons. The molecule has 3 atom stereocenters. The number of benzene rings is 1. The Morgan fingerprint density at radius 2 is 2.00 bits per heavy atom. The second-order valence-corrected chi connectivity index (χ2v) is 4.97. The van der Waals surface area contributed by atoms with Gasteiger partial charge in [0.1, 0.15) is 6.10 Å². The zero-order chi connectivity index (χ0) is 12.7. The lowest BCUT2D eigenvalue weighted by Crippen LogP contribution is -2.47. The van der Waals surface area contributed by atoms with Gasteiger partial charge in [-0.15, -0.1) is 0 Å². The number of hydrogen-bond donors (Lipinski definition) is 0. The molecule has 3 aliphatic rings. The van der Waals surface area contributed by atoms with Gasteiger partial charge >= 0.3 is 5.97 Å². The van der Waals surface area contributed by atoms with Crippen LogP contribution >= 0.6 is 0 Å². The van der Waals surface area contributed by atoms with Gasteiger partial charge in [-0.1, -0.05) is 18.2 Å². The van der Waals surface area contributed by atoms with E-state index in [9.17, 15) is 9.59 Å². The van der Waals surface area contributed by atoms with Crippen LogP contribution in [0.4, 0.5) is 0 Å². The first kappa shape index (κ1) is 11.3. The van der Waals surface area contributed by atoms with Gasteiger partial charge in [0, 0.05) is 19.4 Å². The van der Waals surface area contributed by atoms with E-state index < -0.39 is 0 Å². The largest absolute Gasteiger partial charge is 0.456 e. The average molecular weight is 245 g/mol. The van der Waals surface area contributed by atoms with Crippen molar-refractivity contribution in [3.8, 4) is 0 Å². The maximum absolute atomic E-state index is 11.9. The number of amides is 1. The van der Waals surface area contributed by atoms with Crippen molar-refractivity contribution in [1.29, 1.82) is 0 Å². The van der Waals surface area contributed by atoms with E-state index in [0.717, 1.165) is 13.0 Å². The molecule has 0 aromatic heterocycles. The van der Waals surface area contributed by atoms with Crippen LogP contribution in [0.1, 0.15) is 23.7 Å². The minimum absolute atomic E-state index is 0.0701. The van der Waals surface area contributed by atoms with E-state index in [0.29, 0.717) is 11.5 Å². The Morgan fingerprint density at radius 1 is 1.28 bits per heavy atom.